The highest BCUT2D eigenvalue weighted by atomic mass is 19.1. The molecule has 0 saturated carbocycles. The molecule has 1 aromatic heterocycles. The Morgan fingerprint density at radius 2 is 1.83 bits per heavy atom. The lowest BCUT2D eigenvalue weighted by atomic mass is 9.79. The molecule has 1 saturated heterocycles. The predicted molar refractivity (Wildman–Crippen MR) is 89.0 cm³/mol. The Morgan fingerprint density at radius 1 is 1.17 bits per heavy atom. The van der Waals surface area contributed by atoms with Gasteiger partial charge in [0.15, 0.2) is 11.6 Å². The van der Waals surface area contributed by atoms with Crippen LogP contribution >= 0.6 is 0 Å². The van der Waals surface area contributed by atoms with Crippen LogP contribution in [0.25, 0.3) is 0 Å². The molecule has 126 valence electrons. The topological polar surface area (TPSA) is 53.5 Å². The average Bonchev–Trinajstić information content (AvgIpc) is 2.68. The molecule has 1 aliphatic heterocycles. The van der Waals surface area contributed by atoms with Gasteiger partial charge in [0.25, 0.3) is 0 Å². The first-order valence-electron chi connectivity index (χ1n) is 8.23. The molecule has 3 rings (SSSR count). The summed E-state index contributed by atoms with van der Waals surface area (Å²) >= 11 is 0. The Kier molecular flexibility index (Phi) is 3.77. The molecule has 0 unspecified atom stereocenters. The van der Waals surface area contributed by atoms with Gasteiger partial charge >= 0.3 is 13.1 Å². The number of benzene rings is 1. The van der Waals surface area contributed by atoms with E-state index >= 15 is 0 Å². The molecule has 2 heterocycles. The van der Waals surface area contributed by atoms with Gasteiger partial charge < -0.3 is 14.0 Å². The second-order valence-corrected chi connectivity index (χ2v) is 6.80. The molecular weight excluding hydrogens is 310 g/mol. The number of rotatable bonds is 3. The van der Waals surface area contributed by atoms with Crippen LogP contribution in [0.1, 0.15) is 34.8 Å². The molecule has 1 fully saturated rings. The molecule has 0 radical (unpaired) electrons. The van der Waals surface area contributed by atoms with Crippen LogP contribution in [-0.2, 0) is 9.31 Å². The fraction of sp³-hybridized carbons (Fsp3) is 0.412. The predicted octanol–water partition coefficient (Wildman–Crippen LogP) is 3.02. The molecule has 0 N–H and O–H groups in total. The van der Waals surface area contributed by atoms with E-state index in [0.29, 0.717) is 11.2 Å². The lowest BCUT2D eigenvalue weighted by Gasteiger charge is -2.32. The van der Waals surface area contributed by atoms with Crippen LogP contribution in [0.2, 0.25) is 0 Å². The highest BCUT2D eigenvalue weighted by Gasteiger charge is 2.51. The van der Waals surface area contributed by atoms with Crippen molar-refractivity contribution in [3.05, 3.63) is 41.9 Å². The van der Waals surface area contributed by atoms with E-state index in [1.807, 2.05) is 27.7 Å². The number of hydrogen-bond acceptors (Lipinski definition) is 5. The summed E-state index contributed by atoms with van der Waals surface area (Å²) in [7, 11) is -0.649. The maximum absolute atomic E-state index is 14.4. The minimum absolute atomic E-state index is 0.0109. The standard InChI is InChI=1S/C17H20BFN2O3/c1-11-8-9-20-15(21-11)22-14-7-6-12(10-13(14)19)18-23-16(2,3)17(4,5)24-18/h6-10H,1-5H3/i9D. The van der Waals surface area contributed by atoms with Crippen LogP contribution in [-0.4, -0.2) is 28.3 Å². The Balaban J connectivity index is 1.82. The van der Waals surface area contributed by atoms with Crippen molar-refractivity contribution in [1.82, 2.24) is 9.97 Å². The van der Waals surface area contributed by atoms with E-state index in [1.54, 1.807) is 13.0 Å². The van der Waals surface area contributed by atoms with E-state index in [-0.39, 0.29) is 17.9 Å². The summed E-state index contributed by atoms with van der Waals surface area (Å²) in [6.07, 6.45) is 0.0109. The maximum atomic E-state index is 14.4. The van der Waals surface area contributed by atoms with E-state index in [4.69, 9.17) is 15.4 Å². The Hall–Kier alpha value is -1.99. The van der Waals surface area contributed by atoms with Crippen molar-refractivity contribution < 1.29 is 19.8 Å². The summed E-state index contributed by atoms with van der Waals surface area (Å²) in [6.45, 7) is 9.47. The van der Waals surface area contributed by atoms with Gasteiger partial charge in [-0.1, -0.05) is 6.07 Å². The van der Waals surface area contributed by atoms with Crippen LogP contribution in [0.3, 0.4) is 0 Å². The van der Waals surface area contributed by atoms with Crippen LogP contribution in [0.5, 0.6) is 11.8 Å². The summed E-state index contributed by atoms with van der Waals surface area (Å²) in [6, 6.07) is 5.90. The normalized spacial score (nSPS) is 19.2. The van der Waals surface area contributed by atoms with Gasteiger partial charge in [-0.15, -0.1) is 0 Å². The van der Waals surface area contributed by atoms with Crippen molar-refractivity contribution in [2.75, 3.05) is 0 Å². The van der Waals surface area contributed by atoms with Gasteiger partial charge in [0.05, 0.1) is 12.6 Å². The van der Waals surface area contributed by atoms with Gasteiger partial charge in [0.2, 0.25) is 0 Å². The SMILES string of the molecule is [2H]c1cc(C)nc(Oc2ccc(B3OC(C)(C)C(C)(C)O3)cc2F)n1. The molecule has 0 spiro atoms. The average molecular weight is 331 g/mol. The largest absolute Gasteiger partial charge is 0.494 e. The van der Waals surface area contributed by atoms with E-state index in [9.17, 15) is 4.39 Å². The van der Waals surface area contributed by atoms with E-state index < -0.39 is 24.1 Å². The van der Waals surface area contributed by atoms with Gasteiger partial charge in [0.1, 0.15) is 0 Å². The summed E-state index contributed by atoms with van der Waals surface area (Å²) in [4.78, 5) is 7.86. The molecule has 1 aliphatic rings. The number of hydrogen-bond donors (Lipinski definition) is 0. The monoisotopic (exact) mass is 331 g/mol. The number of nitrogens with zero attached hydrogens (tertiary/aromatic N) is 2. The van der Waals surface area contributed by atoms with Crippen molar-refractivity contribution >= 4 is 12.6 Å². The first-order valence-corrected chi connectivity index (χ1v) is 7.73. The smallest absolute Gasteiger partial charge is 0.421 e. The number of halogens is 1. The Labute approximate surface area is 142 Å². The van der Waals surface area contributed by atoms with Gasteiger partial charge in [0, 0.05) is 11.9 Å². The molecule has 0 amide bonds. The molecule has 0 bridgehead atoms. The van der Waals surface area contributed by atoms with Crippen LogP contribution in [0.15, 0.2) is 30.4 Å². The molecule has 5 nitrogen and oxygen atoms in total. The highest BCUT2D eigenvalue weighted by Crippen LogP contribution is 2.36. The molecule has 2 aromatic rings. The minimum atomic E-state index is -0.649. The van der Waals surface area contributed by atoms with Crippen molar-refractivity contribution in [2.24, 2.45) is 0 Å². The third kappa shape index (κ3) is 3.14. The van der Waals surface area contributed by atoms with Crippen molar-refractivity contribution in [3.8, 4) is 11.8 Å². The highest BCUT2D eigenvalue weighted by molar-refractivity contribution is 6.62. The second-order valence-electron chi connectivity index (χ2n) is 6.80. The number of aryl methyl sites for hydroxylation is 1. The molecule has 24 heavy (non-hydrogen) atoms. The number of ether oxygens (including phenoxy) is 1. The quantitative estimate of drug-likeness (QED) is 0.809. The third-order valence-electron chi connectivity index (χ3n) is 4.39. The van der Waals surface area contributed by atoms with Gasteiger partial charge in [-0.3, -0.25) is 0 Å². The van der Waals surface area contributed by atoms with Gasteiger partial charge in [-0.2, -0.15) is 0 Å². The van der Waals surface area contributed by atoms with Gasteiger partial charge in [-0.25, -0.2) is 14.4 Å². The zero-order valence-corrected chi connectivity index (χ0v) is 14.4. The third-order valence-corrected chi connectivity index (χ3v) is 4.39. The fourth-order valence-electron chi connectivity index (χ4n) is 2.26. The van der Waals surface area contributed by atoms with E-state index in [2.05, 4.69) is 9.97 Å². The van der Waals surface area contributed by atoms with Crippen molar-refractivity contribution in [3.63, 3.8) is 0 Å². The molecule has 0 aliphatic carbocycles. The number of aromatic nitrogens is 2. The second kappa shape index (κ2) is 5.83. The summed E-state index contributed by atoms with van der Waals surface area (Å²) in [5, 5.41) is 0. The lowest BCUT2D eigenvalue weighted by Crippen LogP contribution is -2.41. The Morgan fingerprint density at radius 3 is 2.42 bits per heavy atom. The molecule has 1 aromatic carbocycles. The minimum Gasteiger partial charge on any atom is -0.421 e. The lowest BCUT2D eigenvalue weighted by molar-refractivity contribution is 0.00578. The zero-order chi connectivity index (χ0) is 18.4. The van der Waals surface area contributed by atoms with E-state index in [0.717, 1.165) is 0 Å². The van der Waals surface area contributed by atoms with Crippen LogP contribution < -0.4 is 10.2 Å². The van der Waals surface area contributed by atoms with Crippen molar-refractivity contribution in [2.45, 2.75) is 45.8 Å². The molecular formula is C17H20BFN2O3. The van der Waals surface area contributed by atoms with Gasteiger partial charge in [-0.05, 0) is 58.3 Å². The fourth-order valence-corrected chi connectivity index (χ4v) is 2.26. The van der Waals surface area contributed by atoms with Crippen LogP contribution in [0, 0.1) is 12.7 Å². The van der Waals surface area contributed by atoms with E-state index in [1.165, 1.54) is 18.2 Å². The van der Waals surface area contributed by atoms with Crippen molar-refractivity contribution in [1.29, 1.82) is 0 Å². The first-order chi connectivity index (χ1) is 11.6. The Bertz CT molecular complexity index is 780. The maximum Gasteiger partial charge on any atom is 0.494 e. The summed E-state index contributed by atoms with van der Waals surface area (Å²) in [5.41, 5.74) is 0.144. The zero-order valence-electron chi connectivity index (χ0n) is 15.4. The molecule has 7 heteroatoms. The first kappa shape index (κ1) is 15.5. The summed E-state index contributed by atoms with van der Waals surface area (Å²) < 4.78 is 39.2. The van der Waals surface area contributed by atoms with Crippen LogP contribution in [0.4, 0.5) is 4.39 Å². The summed E-state index contributed by atoms with van der Waals surface area (Å²) in [5.74, 6) is -0.603. The molecule has 0 atom stereocenters.